The van der Waals surface area contributed by atoms with Gasteiger partial charge < -0.3 is 15.4 Å². The van der Waals surface area contributed by atoms with Gasteiger partial charge in [0.1, 0.15) is 6.33 Å². The fourth-order valence-electron chi connectivity index (χ4n) is 2.74. The topological polar surface area (TPSA) is 128 Å². The van der Waals surface area contributed by atoms with Gasteiger partial charge in [-0.05, 0) is 31.5 Å². The minimum atomic E-state index is -0.682. The van der Waals surface area contributed by atoms with Crippen molar-refractivity contribution in [3.8, 4) is 0 Å². The van der Waals surface area contributed by atoms with Crippen molar-refractivity contribution in [1.29, 1.82) is 0 Å². The van der Waals surface area contributed by atoms with E-state index in [1.807, 2.05) is 13.8 Å². The van der Waals surface area contributed by atoms with Gasteiger partial charge in [0.25, 0.3) is 17.6 Å². The quantitative estimate of drug-likeness (QED) is 0.575. The third-order valence-electron chi connectivity index (χ3n) is 4.04. The maximum atomic E-state index is 12.4. The predicted octanol–water partition coefficient (Wildman–Crippen LogP) is 1.23. The Morgan fingerprint density at radius 2 is 2.00 bits per heavy atom. The zero-order chi connectivity index (χ0) is 20.8. The molecule has 0 aliphatic carbocycles. The standard InChI is InChI=1S/C19H20N6O4/c1-3-15-14(9-21-19-22-11-23-25(15)19)18(28)29-10-16(26)24-13-7-5-6-12(8-13)17(27)20-4-2/h5-9,11H,3-4,10H2,1-2H3,(H,20,27)(H,24,26). The predicted molar refractivity (Wildman–Crippen MR) is 104 cm³/mol. The molecule has 0 aliphatic heterocycles. The fourth-order valence-corrected chi connectivity index (χ4v) is 2.74. The SMILES string of the molecule is CCNC(=O)c1cccc(NC(=O)COC(=O)c2cnc3ncnn3c2CC)c1. The first kappa shape index (κ1) is 19.9. The molecule has 0 atom stereocenters. The number of hydrogen-bond acceptors (Lipinski definition) is 7. The molecule has 2 aromatic heterocycles. The number of amides is 2. The minimum absolute atomic E-state index is 0.219. The van der Waals surface area contributed by atoms with Crippen LogP contribution in [0, 0.1) is 0 Å². The molecule has 150 valence electrons. The van der Waals surface area contributed by atoms with Gasteiger partial charge in [-0.2, -0.15) is 10.1 Å². The van der Waals surface area contributed by atoms with E-state index < -0.39 is 18.5 Å². The molecule has 10 heteroatoms. The summed E-state index contributed by atoms with van der Waals surface area (Å²) < 4.78 is 6.58. The Balaban J connectivity index is 1.63. The Labute approximate surface area is 166 Å². The summed E-state index contributed by atoms with van der Waals surface area (Å²) in [6.45, 7) is 3.70. The zero-order valence-corrected chi connectivity index (χ0v) is 16.0. The van der Waals surface area contributed by atoms with Crippen LogP contribution in [0.1, 0.15) is 40.3 Å². The maximum Gasteiger partial charge on any atom is 0.342 e. The van der Waals surface area contributed by atoms with Crippen LogP contribution in [0.3, 0.4) is 0 Å². The molecule has 0 fully saturated rings. The van der Waals surface area contributed by atoms with E-state index in [1.54, 1.807) is 24.3 Å². The highest BCUT2D eigenvalue weighted by Crippen LogP contribution is 2.13. The lowest BCUT2D eigenvalue weighted by Crippen LogP contribution is -2.24. The van der Waals surface area contributed by atoms with Crippen molar-refractivity contribution in [2.24, 2.45) is 0 Å². The zero-order valence-electron chi connectivity index (χ0n) is 16.0. The highest BCUT2D eigenvalue weighted by atomic mass is 16.5. The Kier molecular flexibility index (Phi) is 6.12. The van der Waals surface area contributed by atoms with Crippen LogP contribution in [0.5, 0.6) is 0 Å². The number of carbonyl (C=O) groups is 3. The van der Waals surface area contributed by atoms with Crippen molar-refractivity contribution in [3.05, 3.63) is 53.6 Å². The molecular weight excluding hydrogens is 376 g/mol. The Hall–Kier alpha value is -3.82. The lowest BCUT2D eigenvalue weighted by molar-refractivity contribution is -0.119. The second kappa shape index (κ2) is 8.91. The summed E-state index contributed by atoms with van der Waals surface area (Å²) in [7, 11) is 0. The van der Waals surface area contributed by atoms with Gasteiger partial charge in [0.15, 0.2) is 6.61 Å². The van der Waals surface area contributed by atoms with Gasteiger partial charge in [-0.25, -0.2) is 14.3 Å². The molecule has 29 heavy (non-hydrogen) atoms. The molecule has 2 heterocycles. The van der Waals surface area contributed by atoms with Crippen molar-refractivity contribution < 1.29 is 19.1 Å². The van der Waals surface area contributed by atoms with Crippen LogP contribution in [0.25, 0.3) is 5.78 Å². The molecule has 1 aromatic carbocycles. The van der Waals surface area contributed by atoms with Gasteiger partial charge >= 0.3 is 5.97 Å². The van der Waals surface area contributed by atoms with Crippen LogP contribution >= 0.6 is 0 Å². The molecule has 0 radical (unpaired) electrons. The van der Waals surface area contributed by atoms with Crippen LogP contribution in [-0.4, -0.2) is 50.5 Å². The number of benzene rings is 1. The van der Waals surface area contributed by atoms with Gasteiger partial charge in [0, 0.05) is 24.0 Å². The fraction of sp³-hybridized carbons (Fsp3) is 0.263. The Morgan fingerprint density at radius 1 is 1.17 bits per heavy atom. The third-order valence-corrected chi connectivity index (χ3v) is 4.04. The molecule has 3 rings (SSSR count). The minimum Gasteiger partial charge on any atom is -0.452 e. The average Bonchev–Trinajstić information content (AvgIpc) is 3.20. The maximum absolute atomic E-state index is 12.4. The van der Waals surface area contributed by atoms with Crippen LogP contribution < -0.4 is 10.6 Å². The van der Waals surface area contributed by atoms with Gasteiger partial charge in [0.05, 0.1) is 11.3 Å². The highest BCUT2D eigenvalue weighted by Gasteiger charge is 2.18. The Morgan fingerprint density at radius 3 is 2.76 bits per heavy atom. The number of ether oxygens (including phenoxy) is 1. The first-order valence-electron chi connectivity index (χ1n) is 9.06. The number of hydrogen-bond donors (Lipinski definition) is 2. The molecule has 0 spiro atoms. The number of carbonyl (C=O) groups excluding carboxylic acids is 3. The van der Waals surface area contributed by atoms with E-state index in [4.69, 9.17) is 4.74 Å². The molecule has 3 aromatic rings. The molecule has 2 N–H and O–H groups in total. The van der Waals surface area contributed by atoms with E-state index >= 15 is 0 Å². The number of rotatable bonds is 7. The summed E-state index contributed by atoms with van der Waals surface area (Å²) >= 11 is 0. The lowest BCUT2D eigenvalue weighted by Gasteiger charge is -2.10. The van der Waals surface area contributed by atoms with E-state index in [9.17, 15) is 14.4 Å². The summed E-state index contributed by atoms with van der Waals surface area (Å²) in [4.78, 5) is 44.5. The summed E-state index contributed by atoms with van der Waals surface area (Å²) in [5.74, 6) is -1.07. The van der Waals surface area contributed by atoms with Crippen molar-refractivity contribution >= 4 is 29.2 Å². The summed E-state index contributed by atoms with van der Waals surface area (Å²) in [6, 6.07) is 6.47. The number of nitrogens with zero attached hydrogens (tertiary/aromatic N) is 4. The Bertz CT molecular complexity index is 1060. The van der Waals surface area contributed by atoms with Gasteiger partial charge in [-0.3, -0.25) is 9.59 Å². The van der Waals surface area contributed by atoms with E-state index in [0.29, 0.717) is 35.7 Å². The largest absolute Gasteiger partial charge is 0.452 e. The number of aryl methyl sites for hydroxylation is 1. The van der Waals surface area contributed by atoms with E-state index in [1.165, 1.54) is 17.0 Å². The van der Waals surface area contributed by atoms with Crippen LogP contribution in [0.15, 0.2) is 36.8 Å². The van der Waals surface area contributed by atoms with Crippen LogP contribution in [0.2, 0.25) is 0 Å². The van der Waals surface area contributed by atoms with Gasteiger partial charge in [-0.15, -0.1) is 0 Å². The highest BCUT2D eigenvalue weighted by molar-refractivity contribution is 5.98. The molecule has 2 amide bonds. The molecule has 0 aliphatic rings. The monoisotopic (exact) mass is 396 g/mol. The molecule has 10 nitrogen and oxygen atoms in total. The first-order chi connectivity index (χ1) is 14.0. The van der Waals surface area contributed by atoms with E-state index in [-0.39, 0.29) is 11.5 Å². The third kappa shape index (κ3) is 4.54. The van der Waals surface area contributed by atoms with Crippen molar-refractivity contribution in [2.45, 2.75) is 20.3 Å². The van der Waals surface area contributed by atoms with Crippen LogP contribution in [0.4, 0.5) is 5.69 Å². The molecule has 0 bridgehead atoms. The number of anilines is 1. The van der Waals surface area contributed by atoms with Crippen LogP contribution in [-0.2, 0) is 16.0 Å². The van der Waals surface area contributed by atoms with Gasteiger partial charge in [-0.1, -0.05) is 13.0 Å². The lowest BCUT2D eigenvalue weighted by atomic mass is 10.2. The van der Waals surface area contributed by atoms with Gasteiger partial charge in [0.2, 0.25) is 0 Å². The molecule has 0 unspecified atom stereocenters. The van der Waals surface area contributed by atoms with E-state index in [0.717, 1.165) is 0 Å². The second-order valence-corrected chi connectivity index (χ2v) is 6.01. The molecule has 0 saturated carbocycles. The normalized spacial score (nSPS) is 10.6. The number of aromatic nitrogens is 4. The summed E-state index contributed by atoms with van der Waals surface area (Å²) in [6.07, 6.45) is 3.21. The first-order valence-corrected chi connectivity index (χ1v) is 9.06. The molecular formula is C19H20N6O4. The van der Waals surface area contributed by atoms with E-state index in [2.05, 4.69) is 25.7 Å². The number of esters is 1. The summed E-state index contributed by atoms with van der Waals surface area (Å²) in [5.41, 5.74) is 1.65. The smallest absolute Gasteiger partial charge is 0.342 e. The number of nitrogens with one attached hydrogen (secondary N) is 2. The number of fused-ring (bicyclic) bond motifs is 1. The van der Waals surface area contributed by atoms with Crippen molar-refractivity contribution in [1.82, 2.24) is 24.9 Å². The van der Waals surface area contributed by atoms with Crippen molar-refractivity contribution in [2.75, 3.05) is 18.5 Å². The second-order valence-electron chi connectivity index (χ2n) is 6.01. The average molecular weight is 396 g/mol. The molecule has 0 saturated heterocycles. The summed E-state index contributed by atoms with van der Waals surface area (Å²) in [5, 5.41) is 9.33. The van der Waals surface area contributed by atoms with Crippen molar-refractivity contribution in [3.63, 3.8) is 0 Å².